The molecule has 0 saturated carbocycles. The number of benzene rings is 3. The summed E-state index contributed by atoms with van der Waals surface area (Å²) in [6, 6.07) is 16.2. The molecule has 5 rings (SSSR count). The Morgan fingerprint density at radius 2 is 1.71 bits per heavy atom. The van der Waals surface area contributed by atoms with E-state index in [0.29, 0.717) is 63.9 Å². The number of ketones is 1. The van der Waals surface area contributed by atoms with Gasteiger partial charge in [0.1, 0.15) is 11.5 Å². The van der Waals surface area contributed by atoms with Crippen LogP contribution in [0.1, 0.15) is 44.4 Å². The highest BCUT2D eigenvalue weighted by Gasteiger charge is 2.48. The van der Waals surface area contributed by atoms with Crippen molar-refractivity contribution in [2.24, 2.45) is 0 Å². The molecule has 0 bridgehead atoms. The summed E-state index contributed by atoms with van der Waals surface area (Å²) in [6.07, 6.45) is 0.817. The Morgan fingerprint density at radius 1 is 0.951 bits per heavy atom. The van der Waals surface area contributed by atoms with E-state index in [2.05, 4.69) is 4.98 Å². The van der Waals surface area contributed by atoms with Gasteiger partial charge in [0, 0.05) is 10.6 Å². The van der Waals surface area contributed by atoms with Gasteiger partial charge in [-0.3, -0.25) is 14.5 Å². The van der Waals surface area contributed by atoms with Crippen LogP contribution in [0.25, 0.3) is 16.0 Å². The number of amides is 1. The molecule has 1 aromatic heterocycles. The molecular weight excluding hydrogens is 564 g/mol. The monoisotopic (exact) mass is 592 g/mol. The van der Waals surface area contributed by atoms with Crippen LogP contribution >= 0.6 is 22.9 Å². The van der Waals surface area contributed by atoms with Gasteiger partial charge in [0.25, 0.3) is 5.78 Å². The summed E-state index contributed by atoms with van der Waals surface area (Å²) >= 11 is 7.32. The second kappa shape index (κ2) is 12.2. The van der Waals surface area contributed by atoms with Crippen LogP contribution < -0.4 is 19.1 Å². The Hall–Kier alpha value is -4.08. The number of ether oxygens (including phenoxy) is 3. The maximum absolute atomic E-state index is 13.7. The van der Waals surface area contributed by atoms with E-state index in [4.69, 9.17) is 25.8 Å². The third-order valence-electron chi connectivity index (χ3n) is 6.47. The molecule has 4 aromatic rings. The molecule has 8 nitrogen and oxygen atoms in total. The number of Topliss-reactive ketones (excluding diaryl/α,β-unsaturated/α-hetero) is 1. The zero-order valence-electron chi connectivity index (χ0n) is 22.8. The molecular formula is C31H29ClN2O6S. The molecule has 0 radical (unpaired) electrons. The lowest BCUT2D eigenvalue weighted by Gasteiger charge is -2.24. The Labute approximate surface area is 246 Å². The zero-order valence-corrected chi connectivity index (χ0v) is 24.4. The number of fused-ring (bicyclic) bond motifs is 1. The Kier molecular flexibility index (Phi) is 8.46. The second-order valence-electron chi connectivity index (χ2n) is 9.22. The van der Waals surface area contributed by atoms with Gasteiger partial charge in [0.2, 0.25) is 0 Å². The molecule has 1 fully saturated rings. The molecule has 1 amide bonds. The molecule has 1 aliphatic rings. The summed E-state index contributed by atoms with van der Waals surface area (Å²) in [7, 11) is 0. The first kappa shape index (κ1) is 28.4. The number of carbonyl (C=O) groups excluding carboxylic acids is 2. The fraction of sp³-hybridized carbons (Fsp3) is 0.258. The summed E-state index contributed by atoms with van der Waals surface area (Å²) in [5.74, 6) is -0.214. The summed E-state index contributed by atoms with van der Waals surface area (Å²) in [5, 5.41) is 12.2. The lowest BCUT2D eigenvalue weighted by atomic mass is 9.95. The lowest BCUT2D eigenvalue weighted by molar-refractivity contribution is -0.132. The van der Waals surface area contributed by atoms with Crippen molar-refractivity contribution in [3.05, 3.63) is 82.4 Å². The van der Waals surface area contributed by atoms with Crippen LogP contribution in [0.5, 0.6) is 17.2 Å². The highest BCUT2D eigenvalue weighted by molar-refractivity contribution is 7.22. The molecule has 0 aliphatic carbocycles. The van der Waals surface area contributed by atoms with E-state index in [1.165, 1.54) is 16.2 Å². The third kappa shape index (κ3) is 5.60. The van der Waals surface area contributed by atoms with Gasteiger partial charge in [0.05, 0.1) is 41.7 Å². The quantitative estimate of drug-likeness (QED) is 0.118. The molecule has 10 heteroatoms. The average molecular weight is 593 g/mol. The van der Waals surface area contributed by atoms with Gasteiger partial charge in [0.15, 0.2) is 16.6 Å². The Bertz CT molecular complexity index is 1630. The fourth-order valence-electron chi connectivity index (χ4n) is 4.66. The summed E-state index contributed by atoms with van der Waals surface area (Å²) in [5.41, 5.74) is 1.51. The molecule has 1 atom stereocenters. The smallest absolute Gasteiger partial charge is 0.301 e. The third-order valence-corrected chi connectivity index (χ3v) is 7.74. The minimum Gasteiger partial charge on any atom is -0.507 e. The number of rotatable bonds is 10. The number of aliphatic hydroxyl groups excluding tert-OH is 1. The lowest BCUT2D eigenvalue weighted by Crippen LogP contribution is -2.29. The molecule has 1 N–H and O–H groups in total. The number of anilines is 1. The van der Waals surface area contributed by atoms with Gasteiger partial charge in [-0.25, -0.2) is 4.98 Å². The van der Waals surface area contributed by atoms with E-state index in [9.17, 15) is 14.7 Å². The van der Waals surface area contributed by atoms with Crippen LogP contribution in [0.15, 0.2) is 66.2 Å². The van der Waals surface area contributed by atoms with Crippen molar-refractivity contribution in [1.29, 1.82) is 0 Å². The van der Waals surface area contributed by atoms with Gasteiger partial charge in [-0.05, 0) is 80.4 Å². The number of aliphatic hydroxyl groups is 1. The largest absolute Gasteiger partial charge is 0.507 e. The van der Waals surface area contributed by atoms with E-state index < -0.39 is 17.7 Å². The van der Waals surface area contributed by atoms with Gasteiger partial charge < -0.3 is 19.3 Å². The topological polar surface area (TPSA) is 98.2 Å². The summed E-state index contributed by atoms with van der Waals surface area (Å²) in [6.45, 7) is 7.17. The Balaban J connectivity index is 1.69. The molecule has 0 spiro atoms. The van der Waals surface area contributed by atoms with Crippen LogP contribution in [0.4, 0.5) is 5.13 Å². The molecule has 1 unspecified atom stereocenters. The van der Waals surface area contributed by atoms with Crippen molar-refractivity contribution < 1.29 is 28.9 Å². The number of hydrogen-bond donors (Lipinski definition) is 1. The number of hydrogen-bond acceptors (Lipinski definition) is 8. The van der Waals surface area contributed by atoms with E-state index >= 15 is 0 Å². The van der Waals surface area contributed by atoms with Gasteiger partial charge in [-0.1, -0.05) is 35.9 Å². The van der Waals surface area contributed by atoms with Crippen LogP contribution in [0.3, 0.4) is 0 Å². The van der Waals surface area contributed by atoms with Crippen molar-refractivity contribution in [1.82, 2.24) is 4.98 Å². The highest BCUT2D eigenvalue weighted by atomic mass is 35.5. The number of halogens is 1. The van der Waals surface area contributed by atoms with Crippen molar-refractivity contribution in [3.8, 4) is 17.2 Å². The van der Waals surface area contributed by atoms with E-state index in [0.717, 1.165) is 11.1 Å². The molecule has 1 aliphatic heterocycles. The predicted molar refractivity (Wildman–Crippen MR) is 160 cm³/mol. The maximum atomic E-state index is 13.7. The van der Waals surface area contributed by atoms with Crippen LogP contribution in [-0.2, 0) is 9.59 Å². The number of aromatic nitrogens is 1. The molecule has 1 saturated heterocycles. The van der Waals surface area contributed by atoms with Gasteiger partial charge in [-0.15, -0.1) is 0 Å². The first-order valence-corrected chi connectivity index (χ1v) is 14.6. The minimum absolute atomic E-state index is 0.0590. The fourth-order valence-corrected chi connectivity index (χ4v) is 5.80. The second-order valence-corrected chi connectivity index (χ2v) is 10.7. The van der Waals surface area contributed by atoms with Crippen LogP contribution in [0.2, 0.25) is 5.02 Å². The maximum Gasteiger partial charge on any atom is 0.301 e. The molecule has 2 heterocycles. The van der Waals surface area contributed by atoms with Crippen LogP contribution in [0, 0.1) is 0 Å². The number of carbonyl (C=O) groups is 2. The normalized spacial score (nSPS) is 16.4. The number of thiazole rings is 1. The minimum atomic E-state index is -0.975. The van der Waals surface area contributed by atoms with Crippen molar-refractivity contribution >= 4 is 55.7 Å². The van der Waals surface area contributed by atoms with E-state index in [1.54, 1.807) is 42.5 Å². The molecule has 3 aromatic carbocycles. The number of nitrogens with zero attached hydrogens (tertiary/aromatic N) is 2. The molecule has 41 heavy (non-hydrogen) atoms. The molecule has 212 valence electrons. The predicted octanol–water partition coefficient (Wildman–Crippen LogP) is 7.16. The Morgan fingerprint density at radius 3 is 2.41 bits per heavy atom. The van der Waals surface area contributed by atoms with Crippen molar-refractivity contribution in [3.63, 3.8) is 0 Å². The van der Waals surface area contributed by atoms with Crippen molar-refractivity contribution in [2.45, 2.75) is 33.2 Å². The SMILES string of the molecule is CCCOc1ccc(C2/C(=C(\O)c3ccc(Cl)cc3)C(=O)C(=O)N2c2nc3ccc(OCC)cc3s2)cc1OCC. The average Bonchev–Trinajstić information content (AvgIpc) is 3.50. The first-order chi connectivity index (χ1) is 19.9. The van der Waals surface area contributed by atoms with E-state index in [1.807, 2.05) is 39.0 Å². The standard InChI is InChI=1S/C31H29ClN2O6S/c1-4-15-40-23-14-9-19(16-24(23)39-6-3)27-26(28(35)18-7-10-20(32)11-8-18)29(36)30(37)34(27)31-33-22-13-12-21(38-5-2)17-25(22)41-31/h7-14,16-17,27,35H,4-6,15H2,1-3H3/b28-26+. The van der Waals surface area contributed by atoms with Gasteiger partial charge in [-0.2, -0.15) is 0 Å². The van der Waals surface area contributed by atoms with Gasteiger partial charge >= 0.3 is 5.91 Å². The highest BCUT2D eigenvalue weighted by Crippen LogP contribution is 2.46. The summed E-state index contributed by atoms with van der Waals surface area (Å²) < 4.78 is 18.2. The van der Waals surface area contributed by atoms with E-state index in [-0.39, 0.29) is 11.3 Å². The summed E-state index contributed by atoms with van der Waals surface area (Å²) in [4.78, 5) is 33.3. The zero-order chi connectivity index (χ0) is 29.1. The van der Waals surface area contributed by atoms with Crippen LogP contribution in [-0.4, -0.2) is 41.6 Å². The first-order valence-electron chi connectivity index (χ1n) is 13.4. The van der Waals surface area contributed by atoms with Crippen molar-refractivity contribution in [2.75, 3.05) is 24.7 Å².